The summed E-state index contributed by atoms with van der Waals surface area (Å²) >= 11 is 16.9. The van der Waals surface area contributed by atoms with Gasteiger partial charge in [-0.2, -0.15) is 0 Å². The predicted molar refractivity (Wildman–Crippen MR) is 127 cm³/mol. The molecule has 2 bridgehead atoms. The van der Waals surface area contributed by atoms with E-state index in [1.165, 1.54) is 18.5 Å². The fourth-order valence-corrected chi connectivity index (χ4v) is 6.10. The highest BCUT2D eigenvalue weighted by molar-refractivity contribution is 9.10. The van der Waals surface area contributed by atoms with Crippen molar-refractivity contribution < 1.29 is 0 Å². The molecule has 0 saturated carbocycles. The molecule has 2 aliphatic heterocycles. The lowest BCUT2D eigenvalue weighted by Gasteiger charge is -2.44. The molecule has 30 heavy (non-hydrogen) atoms. The normalized spacial score (nSPS) is 23.8. The summed E-state index contributed by atoms with van der Waals surface area (Å²) in [6.45, 7) is 0. The first-order valence-electron chi connectivity index (χ1n) is 10.5. The summed E-state index contributed by atoms with van der Waals surface area (Å²) in [5, 5.41) is 1.61. The first-order valence-corrected chi connectivity index (χ1v) is 12.0. The number of pyridine rings is 1. The van der Waals surface area contributed by atoms with Crippen molar-refractivity contribution in [2.75, 3.05) is 0 Å². The lowest BCUT2D eigenvalue weighted by molar-refractivity contribution is 0.0926. The number of halogens is 3. The third-order valence-corrected chi connectivity index (χ3v) is 7.81. The number of hydrogen-bond donors (Lipinski definition) is 0. The van der Waals surface area contributed by atoms with Gasteiger partial charge in [0, 0.05) is 44.4 Å². The zero-order valence-electron chi connectivity index (χ0n) is 16.5. The van der Waals surface area contributed by atoms with Crippen molar-refractivity contribution in [2.45, 2.75) is 49.7 Å². The predicted octanol–water partition coefficient (Wildman–Crippen LogP) is 7.65. The van der Waals surface area contributed by atoms with Crippen molar-refractivity contribution in [1.82, 2.24) is 9.88 Å². The summed E-state index contributed by atoms with van der Waals surface area (Å²) in [6.07, 6.45) is 6.58. The molecule has 1 aromatic heterocycles. The number of nitrogens with zero attached hydrogens (tertiary/aromatic N) is 2. The highest BCUT2D eigenvalue weighted by Gasteiger charge is 2.46. The van der Waals surface area contributed by atoms with E-state index in [4.69, 9.17) is 28.2 Å². The summed E-state index contributed by atoms with van der Waals surface area (Å²) in [5.74, 6) is 0.505. The van der Waals surface area contributed by atoms with E-state index in [1.807, 2.05) is 30.5 Å². The van der Waals surface area contributed by atoms with Crippen molar-refractivity contribution in [3.63, 3.8) is 0 Å². The van der Waals surface area contributed by atoms with Gasteiger partial charge in [-0.15, -0.1) is 0 Å². The van der Waals surface area contributed by atoms with Gasteiger partial charge in [0.15, 0.2) is 0 Å². The van der Waals surface area contributed by atoms with E-state index < -0.39 is 0 Å². The van der Waals surface area contributed by atoms with E-state index >= 15 is 0 Å². The molecule has 5 rings (SSSR count). The van der Waals surface area contributed by atoms with Gasteiger partial charge >= 0.3 is 0 Å². The van der Waals surface area contributed by atoms with E-state index in [1.54, 1.807) is 0 Å². The number of rotatable bonds is 4. The average molecular weight is 502 g/mol. The Morgan fingerprint density at radius 2 is 1.40 bits per heavy atom. The fourth-order valence-electron chi connectivity index (χ4n) is 5.39. The third-order valence-electron chi connectivity index (χ3n) is 6.66. The van der Waals surface area contributed by atoms with Gasteiger partial charge in [0.25, 0.3) is 0 Å². The molecule has 0 spiro atoms. The van der Waals surface area contributed by atoms with Crippen LogP contribution in [-0.4, -0.2) is 22.0 Å². The van der Waals surface area contributed by atoms with Gasteiger partial charge in [0.1, 0.15) is 0 Å². The lowest BCUT2D eigenvalue weighted by atomic mass is 9.84. The van der Waals surface area contributed by atoms with E-state index in [0.29, 0.717) is 18.0 Å². The van der Waals surface area contributed by atoms with Crippen LogP contribution in [-0.2, 0) is 0 Å². The summed E-state index contributed by atoms with van der Waals surface area (Å²) < 4.78 is 1.03. The van der Waals surface area contributed by atoms with Crippen molar-refractivity contribution >= 4 is 39.1 Å². The van der Waals surface area contributed by atoms with Crippen LogP contribution >= 0.6 is 39.1 Å². The molecule has 3 aromatic rings. The first-order chi connectivity index (χ1) is 14.6. The topological polar surface area (TPSA) is 16.1 Å². The van der Waals surface area contributed by atoms with Gasteiger partial charge in [0.2, 0.25) is 0 Å². The largest absolute Gasteiger partial charge is 0.286 e. The van der Waals surface area contributed by atoms with Crippen LogP contribution in [0.2, 0.25) is 10.0 Å². The molecule has 0 N–H and O–H groups in total. The Bertz CT molecular complexity index is 980. The highest BCUT2D eigenvalue weighted by atomic mass is 79.9. The van der Waals surface area contributed by atoms with Crippen LogP contribution in [0, 0.1) is 0 Å². The molecule has 0 radical (unpaired) electrons. The van der Waals surface area contributed by atoms with Gasteiger partial charge in [0.05, 0.1) is 6.04 Å². The molecule has 2 nitrogen and oxygen atoms in total. The molecule has 2 fully saturated rings. The Balaban J connectivity index is 1.52. The minimum absolute atomic E-state index is 0.0729. The fraction of sp³-hybridized carbons (Fsp3) is 0.320. The summed E-state index contributed by atoms with van der Waals surface area (Å²) in [5.41, 5.74) is 3.50. The van der Waals surface area contributed by atoms with Crippen molar-refractivity contribution in [3.8, 4) is 0 Å². The number of hydrogen-bond acceptors (Lipinski definition) is 2. The van der Waals surface area contributed by atoms with E-state index in [-0.39, 0.29) is 6.04 Å². The maximum atomic E-state index is 6.71. The molecular weight excluding hydrogens is 479 g/mol. The Morgan fingerprint density at radius 1 is 0.833 bits per heavy atom. The second kappa shape index (κ2) is 8.63. The maximum Gasteiger partial charge on any atom is 0.0636 e. The highest BCUT2D eigenvalue weighted by Crippen LogP contribution is 2.50. The van der Waals surface area contributed by atoms with Gasteiger partial charge in [-0.3, -0.25) is 9.88 Å². The molecule has 2 aromatic carbocycles. The van der Waals surface area contributed by atoms with Crippen molar-refractivity contribution in [1.29, 1.82) is 0 Å². The van der Waals surface area contributed by atoms with Gasteiger partial charge in [-0.25, -0.2) is 0 Å². The number of fused-ring (bicyclic) bond motifs is 2. The van der Waals surface area contributed by atoms with Crippen LogP contribution in [0.25, 0.3) is 0 Å². The third kappa shape index (κ3) is 3.82. The molecule has 3 heterocycles. The Labute approximate surface area is 196 Å². The minimum Gasteiger partial charge on any atom is -0.286 e. The minimum atomic E-state index is 0.0729. The number of piperidine rings is 1. The summed E-state index contributed by atoms with van der Waals surface area (Å²) in [7, 11) is 0. The molecule has 1 unspecified atom stereocenters. The number of aromatic nitrogens is 1. The second-order valence-electron chi connectivity index (χ2n) is 8.35. The zero-order chi connectivity index (χ0) is 20.7. The quantitative estimate of drug-likeness (QED) is 0.365. The Hall–Kier alpha value is -1.39. The van der Waals surface area contributed by atoms with Gasteiger partial charge < -0.3 is 0 Å². The molecular formula is C25H23BrCl2N2. The number of benzene rings is 2. The van der Waals surface area contributed by atoms with Crippen LogP contribution in [0.3, 0.4) is 0 Å². The van der Waals surface area contributed by atoms with Crippen LogP contribution < -0.4 is 0 Å². The van der Waals surface area contributed by atoms with Crippen LogP contribution in [0.5, 0.6) is 0 Å². The second-order valence-corrected chi connectivity index (χ2v) is 10.1. The molecule has 3 atom stereocenters. The van der Waals surface area contributed by atoms with Gasteiger partial charge in [-0.05, 0) is 77.0 Å². The zero-order valence-corrected chi connectivity index (χ0v) is 19.6. The molecule has 0 amide bonds. The molecule has 2 saturated heterocycles. The van der Waals surface area contributed by atoms with E-state index in [2.05, 4.69) is 57.2 Å². The summed E-state index contributed by atoms with van der Waals surface area (Å²) in [6, 6.07) is 21.8. The molecule has 154 valence electrons. The Kier molecular flexibility index (Phi) is 5.90. The summed E-state index contributed by atoms with van der Waals surface area (Å²) in [4.78, 5) is 7.40. The standard InChI is InChI=1S/C25H23BrCl2N2/c26-17-9-12-24(29-15-17)16-13-18-10-11-19(14-16)30(18)25(20-5-1-3-7-22(20)27)21-6-2-4-8-23(21)28/h1-9,12,15-16,18-19,25H,10-11,13-14H2/t16?,18-,19+. The van der Waals surface area contributed by atoms with Gasteiger partial charge in [-0.1, -0.05) is 59.6 Å². The first kappa shape index (κ1) is 20.5. The SMILES string of the molecule is Clc1ccccc1C(c1ccccc1Cl)N1[C@@H]2CC[C@H]1CC(c1ccc(Br)cn1)C2. The molecule has 0 aliphatic carbocycles. The van der Waals surface area contributed by atoms with Crippen molar-refractivity contribution in [2.24, 2.45) is 0 Å². The maximum absolute atomic E-state index is 6.71. The van der Waals surface area contributed by atoms with Crippen LogP contribution in [0.4, 0.5) is 0 Å². The van der Waals surface area contributed by atoms with Crippen LogP contribution in [0.1, 0.15) is 54.5 Å². The molecule has 2 aliphatic rings. The lowest BCUT2D eigenvalue weighted by Crippen LogP contribution is -2.45. The van der Waals surface area contributed by atoms with E-state index in [9.17, 15) is 0 Å². The van der Waals surface area contributed by atoms with Crippen LogP contribution in [0.15, 0.2) is 71.3 Å². The monoisotopic (exact) mass is 500 g/mol. The smallest absolute Gasteiger partial charge is 0.0636 e. The Morgan fingerprint density at radius 3 is 1.90 bits per heavy atom. The average Bonchev–Trinajstić information content (AvgIpc) is 3.00. The van der Waals surface area contributed by atoms with E-state index in [0.717, 1.165) is 38.5 Å². The molecule has 5 heteroatoms. The van der Waals surface area contributed by atoms with Crippen molar-refractivity contribution in [3.05, 3.63) is 98.2 Å².